The van der Waals surface area contributed by atoms with Crippen LogP contribution in [0.1, 0.15) is 41.4 Å². The van der Waals surface area contributed by atoms with Gasteiger partial charge in [-0.05, 0) is 43.2 Å². The molecule has 2 N–H and O–H groups in total. The molecule has 0 radical (unpaired) electrons. The molecule has 0 bridgehead atoms. The number of morpholine rings is 1. The Morgan fingerprint density at radius 3 is 2.58 bits per heavy atom. The van der Waals surface area contributed by atoms with Crippen LogP contribution in [0.25, 0.3) is 16.9 Å². The number of nitrogens with zero attached hydrogens (tertiary/aromatic N) is 3. The van der Waals surface area contributed by atoms with Crippen molar-refractivity contribution in [3.63, 3.8) is 0 Å². The van der Waals surface area contributed by atoms with E-state index in [1.165, 1.54) is 0 Å². The number of unbranched alkanes of at least 4 members (excludes halogenated alkanes) is 1. The number of aliphatic hydroxyl groups is 1. The molecule has 0 saturated carbocycles. The van der Waals surface area contributed by atoms with E-state index in [0.29, 0.717) is 67.0 Å². The molecule has 7 nitrogen and oxygen atoms in total. The first-order valence-electron chi connectivity index (χ1n) is 11.9. The van der Waals surface area contributed by atoms with Gasteiger partial charge in [0.1, 0.15) is 0 Å². The number of carbonyl (C=O) groups is 1. The highest BCUT2D eigenvalue weighted by molar-refractivity contribution is 6.35. The van der Waals surface area contributed by atoms with Crippen LogP contribution >= 0.6 is 23.2 Å². The van der Waals surface area contributed by atoms with Gasteiger partial charge in [-0.2, -0.15) is 5.10 Å². The second kappa shape index (κ2) is 12.4. The normalized spacial score (nSPS) is 13.8. The minimum atomic E-state index is -0.273. The third-order valence-corrected chi connectivity index (χ3v) is 6.35. The van der Waals surface area contributed by atoms with Gasteiger partial charge in [0.25, 0.3) is 5.91 Å². The zero-order chi connectivity index (χ0) is 25.5. The summed E-state index contributed by atoms with van der Waals surface area (Å²) >= 11 is 12.7. The summed E-state index contributed by atoms with van der Waals surface area (Å²) in [5, 5.41) is 16.5. The van der Waals surface area contributed by atoms with E-state index in [1.807, 2.05) is 36.2 Å². The van der Waals surface area contributed by atoms with Gasteiger partial charge < -0.3 is 9.84 Å². The van der Waals surface area contributed by atoms with E-state index in [0.717, 1.165) is 22.4 Å². The molecular weight excluding hydrogens is 499 g/mol. The van der Waals surface area contributed by atoms with Gasteiger partial charge in [-0.1, -0.05) is 54.1 Å². The van der Waals surface area contributed by atoms with Crippen molar-refractivity contribution in [2.75, 3.05) is 32.9 Å². The molecule has 1 aliphatic rings. The van der Waals surface area contributed by atoms with Crippen molar-refractivity contribution in [2.45, 2.75) is 26.2 Å². The number of carbonyl (C=O) groups excluding carboxylic acids is 1. The molecule has 3 aromatic rings. The Hall–Kier alpha value is -2.86. The first-order chi connectivity index (χ1) is 17.5. The lowest BCUT2D eigenvalue weighted by atomic mass is 10.0. The molecule has 0 spiro atoms. The fraction of sp³-hybridized carbons (Fsp3) is 0.333. The Morgan fingerprint density at radius 1 is 1.17 bits per heavy atom. The minimum Gasteiger partial charge on any atom is -0.396 e. The quantitative estimate of drug-likeness (QED) is 0.349. The molecule has 0 atom stereocenters. The van der Waals surface area contributed by atoms with Crippen molar-refractivity contribution < 1.29 is 14.6 Å². The molecule has 4 rings (SSSR count). The van der Waals surface area contributed by atoms with Gasteiger partial charge in [0.2, 0.25) is 0 Å². The maximum atomic E-state index is 13.3. The van der Waals surface area contributed by atoms with Gasteiger partial charge in [0.15, 0.2) is 5.69 Å². The summed E-state index contributed by atoms with van der Waals surface area (Å²) in [5.41, 5.74) is 7.30. The summed E-state index contributed by atoms with van der Waals surface area (Å²) in [6.45, 7) is 4.49. The number of halogens is 2. The van der Waals surface area contributed by atoms with Gasteiger partial charge in [-0.15, -0.1) is 0 Å². The van der Waals surface area contributed by atoms with Crippen molar-refractivity contribution >= 4 is 29.1 Å². The number of benzene rings is 2. The standard InChI is InChI=1S/C27H28Cl2N4O3/c1-2-22-25(27(35)31-32-13-16-36-17-14-32)30-33(24-12-11-21(28)18-23(24)29)26(22)20-9-7-19(8-10-20)6-4-3-5-15-34/h7-12,18,34H,2-3,5,13-17H2,1H3,(H,31,35). The van der Waals surface area contributed by atoms with Crippen molar-refractivity contribution in [3.8, 4) is 28.8 Å². The molecule has 1 saturated heterocycles. The lowest BCUT2D eigenvalue weighted by Crippen LogP contribution is -2.48. The van der Waals surface area contributed by atoms with Gasteiger partial charge in [-0.3, -0.25) is 10.2 Å². The van der Waals surface area contributed by atoms with E-state index in [4.69, 9.17) is 38.1 Å². The second-order valence-electron chi connectivity index (χ2n) is 8.28. The Morgan fingerprint density at radius 2 is 1.92 bits per heavy atom. The fourth-order valence-electron chi connectivity index (χ4n) is 4.01. The average Bonchev–Trinajstić information content (AvgIpc) is 3.27. The number of aromatic nitrogens is 2. The maximum Gasteiger partial charge on any atom is 0.286 e. The SMILES string of the molecule is CCc1c(C(=O)NN2CCOCC2)nn(-c2ccc(Cl)cc2Cl)c1-c1ccc(C#CCCCO)cc1. The van der Waals surface area contributed by atoms with E-state index in [9.17, 15) is 4.79 Å². The fourth-order valence-corrected chi connectivity index (χ4v) is 4.50. The number of nitrogens with one attached hydrogen (secondary N) is 1. The van der Waals surface area contributed by atoms with Crippen LogP contribution in [0.2, 0.25) is 10.0 Å². The first kappa shape index (κ1) is 26.2. The highest BCUT2D eigenvalue weighted by Gasteiger charge is 2.26. The Labute approximate surface area is 220 Å². The van der Waals surface area contributed by atoms with Gasteiger partial charge in [-0.25, -0.2) is 9.69 Å². The summed E-state index contributed by atoms with van der Waals surface area (Å²) in [7, 11) is 0. The molecule has 1 aliphatic heterocycles. The van der Waals surface area contributed by atoms with E-state index < -0.39 is 0 Å². The van der Waals surface area contributed by atoms with E-state index in [-0.39, 0.29) is 12.5 Å². The first-order valence-corrected chi connectivity index (χ1v) is 12.7. The van der Waals surface area contributed by atoms with Crippen LogP contribution < -0.4 is 5.43 Å². The molecule has 36 heavy (non-hydrogen) atoms. The number of amides is 1. The Kier molecular flexibility index (Phi) is 9.03. The third-order valence-electron chi connectivity index (χ3n) is 5.81. The van der Waals surface area contributed by atoms with Crippen molar-refractivity contribution in [3.05, 3.63) is 69.3 Å². The van der Waals surface area contributed by atoms with Crippen molar-refractivity contribution in [1.82, 2.24) is 20.2 Å². The lowest BCUT2D eigenvalue weighted by molar-refractivity contribution is 0.0124. The van der Waals surface area contributed by atoms with Gasteiger partial charge in [0, 0.05) is 47.8 Å². The Balaban J connectivity index is 1.76. The summed E-state index contributed by atoms with van der Waals surface area (Å²) in [5.74, 6) is 5.91. The van der Waals surface area contributed by atoms with Crippen molar-refractivity contribution in [2.24, 2.45) is 0 Å². The number of ether oxygens (including phenoxy) is 1. The number of hydrazine groups is 1. The molecule has 1 fully saturated rings. The van der Waals surface area contributed by atoms with Crippen LogP contribution in [0, 0.1) is 11.8 Å². The molecular formula is C27H28Cl2N4O3. The predicted octanol–water partition coefficient (Wildman–Crippen LogP) is 4.51. The van der Waals surface area contributed by atoms with E-state index in [2.05, 4.69) is 17.3 Å². The summed E-state index contributed by atoms with van der Waals surface area (Å²) in [4.78, 5) is 13.3. The lowest BCUT2D eigenvalue weighted by Gasteiger charge is -2.26. The van der Waals surface area contributed by atoms with Crippen LogP contribution in [0.4, 0.5) is 0 Å². The molecule has 0 unspecified atom stereocenters. The largest absolute Gasteiger partial charge is 0.396 e. The Bertz CT molecular complexity index is 1270. The van der Waals surface area contributed by atoms with Crippen LogP contribution in [-0.2, 0) is 11.2 Å². The number of hydrogen-bond donors (Lipinski definition) is 2. The van der Waals surface area contributed by atoms with E-state index in [1.54, 1.807) is 22.9 Å². The highest BCUT2D eigenvalue weighted by atomic mass is 35.5. The number of hydrogen-bond acceptors (Lipinski definition) is 5. The molecule has 0 aliphatic carbocycles. The minimum absolute atomic E-state index is 0.131. The molecule has 188 valence electrons. The topological polar surface area (TPSA) is 79.6 Å². The number of aliphatic hydroxyl groups excluding tert-OH is 1. The molecule has 2 heterocycles. The summed E-state index contributed by atoms with van der Waals surface area (Å²) < 4.78 is 7.10. The molecule has 1 aromatic heterocycles. The average molecular weight is 527 g/mol. The smallest absolute Gasteiger partial charge is 0.286 e. The second-order valence-corrected chi connectivity index (χ2v) is 9.13. The van der Waals surface area contributed by atoms with Crippen LogP contribution in [0.15, 0.2) is 42.5 Å². The summed E-state index contributed by atoms with van der Waals surface area (Å²) in [6.07, 6.45) is 1.89. The van der Waals surface area contributed by atoms with Crippen LogP contribution in [0.3, 0.4) is 0 Å². The van der Waals surface area contributed by atoms with Gasteiger partial charge >= 0.3 is 0 Å². The highest BCUT2D eigenvalue weighted by Crippen LogP contribution is 2.33. The zero-order valence-electron chi connectivity index (χ0n) is 20.1. The monoisotopic (exact) mass is 526 g/mol. The zero-order valence-corrected chi connectivity index (χ0v) is 21.6. The van der Waals surface area contributed by atoms with Gasteiger partial charge in [0.05, 0.1) is 29.6 Å². The molecule has 1 amide bonds. The third kappa shape index (κ3) is 6.09. The van der Waals surface area contributed by atoms with Crippen LogP contribution in [0.5, 0.6) is 0 Å². The number of rotatable bonds is 7. The molecule has 9 heteroatoms. The summed E-state index contributed by atoms with van der Waals surface area (Å²) in [6, 6.07) is 13.0. The van der Waals surface area contributed by atoms with Crippen molar-refractivity contribution in [1.29, 1.82) is 0 Å². The molecule has 2 aromatic carbocycles. The van der Waals surface area contributed by atoms with E-state index >= 15 is 0 Å². The van der Waals surface area contributed by atoms with Crippen LogP contribution in [-0.4, -0.2) is 58.7 Å². The predicted molar refractivity (Wildman–Crippen MR) is 141 cm³/mol. The maximum absolute atomic E-state index is 13.3.